The van der Waals surface area contributed by atoms with Gasteiger partial charge in [-0.15, -0.1) is 0 Å². The van der Waals surface area contributed by atoms with Gasteiger partial charge in [0, 0.05) is 26.1 Å². The first-order valence-corrected chi connectivity index (χ1v) is 6.94. The average Bonchev–Trinajstić information content (AvgIpc) is 2.47. The van der Waals surface area contributed by atoms with Gasteiger partial charge in [0.15, 0.2) is 0 Å². The number of nitrogens with two attached hydrogens (primary N) is 1. The molecule has 1 aromatic rings. The van der Waals surface area contributed by atoms with Crippen molar-refractivity contribution >= 4 is 5.91 Å². The van der Waals surface area contributed by atoms with Gasteiger partial charge in [0.25, 0.3) is 0 Å². The van der Waals surface area contributed by atoms with Crippen LogP contribution in [0.5, 0.6) is 0 Å². The summed E-state index contributed by atoms with van der Waals surface area (Å²) in [6, 6.07) is 8.44. The van der Waals surface area contributed by atoms with E-state index in [-0.39, 0.29) is 11.8 Å². The quantitative estimate of drug-likeness (QED) is 0.853. The van der Waals surface area contributed by atoms with E-state index in [1.165, 1.54) is 11.1 Å². The van der Waals surface area contributed by atoms with E-state index >= 15 is 0 Å². The molecule has 2 rings (SSSR count). The molecule has 1 aromatic carbocycles. The Hall–Kier alpha value is -1.39. The van der Waals surface area contributed by atoms with Crippen molar-refractivity contribution in [3.63, 3.8) is 0 Å². The number of piperidine rings is 1. The molecular weight excluding hydrogens is 238 g/mol. The Morgan fingerprint density at radius 3 is 2.68 bits per heavy atom. The summed E-state index contributed by atoms with van der Waals surface area (Å²) in [6.07, 6.45) is 1.91. The normalized spacial score (nSPS) is 17.4. The minimum Gasteiger partial charge on any atom is -0.359 e. The van der Waals surface area contributed by atoms with E-state index in [2.05, 4.69) is 34.5 Å². The molecule has 0 radical (unpaired) electrons. The zero-order chi connectivity index (χ0) is 13.7. The Kier molecular flexibility index (Phi) is 4.93. The molecule has 1 amide bonds. The molecule has 0 aromatic heterocycles. The lowest BCUT2D eigenvalue weighted by Gasteiger charge is -2.31. The SMILES string of the molecule is CNC(=O)C1CCN(Cc2cccc(CN)c2)CC1. The third-order valence-electron chi connectivity index (χ3n) is 3.84. The third kappa shape index (κ3) is 3.78. The number of carbonyl (C=O) groups excluding carboxylic acids is 1. The van der Waals surface area contributed by atoms with Crippen LogP contribution in [0.2, 0.25) is 0 Å². The first-order valence-electron chi connectivity index (χ1n) is 6.94. The first-order chi connectivity index (χ1) is 9.22. The van der Waals surface area contributed by atoms with Crippen LogP contribution in [0.1, 0.15) is 24.0 Å². The van der Waals surface area contributed by atoms with Crippen LogP contribution in [-0.4, -0.2) is 30.9 Å². The lowest BCUT2D eigenvalue weighted by Crippen LogP contribution is -2.39. The van der Waals surface area contributed by atoms with E-state index in [1.54, 1.807) is 7.05 Å². The maximum Gasteiger partial charge on any atom is 0.222 e. The summed E-state index contributed by atoms with van der Waals surface area (Å²) in [6.45, 7) is 3.52. The van der Waals surface area contributed by atoms with Gasteiger partial charge >= 0.3 is 0 Å². The van der Waals surface area contributed by atoms with E-state index in [0.29, 0.717) is 6.54 Å². The summed E-state index contributed by atoms with van der Waals surface area (Å²) in [5.41, 5.74) is 8.15. The second-order valence-electron chi connectivity index (χ2n) is 5.19. The number of carbonyl (C=O) groups is 1. The van der Waals surface area contributed by atoms with E-state index in [1.807, 2.05) is 0 Å². The van der Waals surface area contributed by atoms with Gasteiger partial charge in [-0.05, 0) is 37.1 Å². The van der Waals surface area contributed by atoms with E-state index < -0.39 is 0 Å². The van der Waals surface area contributed by atoms with Crippen molar-refractivity contribution in [2.24, 2.45) is 11.7 Å². The molecule has 4 heteroatoms. The average molecular weight is 261 g/mol. The number of amides is 1. The van der Waals surface area contributed by atoms with Gasteiger partial charge in [-0.1, -0.05) is 24.3 Å². The fourth-order valence-electron chi connectivity index (χ4n) is 2.67. The smallest absolute Gasteiger partial charge is 0.222 e. The second-order valence-corrected chi connectivity index (χ2v) is 5.19. The van der Waals surface area contributed by atoms with Crippen LogP contribution < -0.4 is 11.1 Å². The first kappa shape index (κ1) is 14.0. The number of rotatable bonds is 4. The van der Waals surface area contributed by atoms with Crippen molar-refractivity contribution < 1.29 is 4.79 Å². The van der Waals surface area contributed by atoms with Crippen LogP contribution in [-0.2, 0) is 17.9 Å². The van der Waals surface area contributed by atoms with Crippen LogP contribution in [0.25, 0.3) is 0 Å². The number of benzene rings is 1. The van der Waals surface area contributed by atoms with Gasteiger partial charge in [0.05, 0.1) is 0 Å². The van der Waals surface area contributed by atoms with Crippen LogP contribution in [0.4, 0.5) is 0 Å². The highest BCUT2D eigenvalue weighted by molar-refractivity contribution is 5.78. The Morgan fingerprint density at radius 2 is 2.05 bits per heavy atom. The molecule has 0 atom stereocenters. The third-order valence-corrected chi connectivity index (χ3v) is 3.84. The minimum atomic E-state index is 0.185. The molecule has 0 unspecified atom stereocenters. The molecule has 0 bridgehead atoms. The molecule has 4 nitrogen and oxygen atoms in total. The standard InChI is InChI=1S/C15H23N3O/c1-17-15(19)14-5-7-18(8-6-14)11-13-4-2-3-12(9-13)10-16/h2-4,9,14H,5-8,10-11,16H2,1H3,(H,17,19). The van der Waals surface area contributed by atoms with Gasteiger partial charge in [-0.25, -0.2) is 0 Å². The highest BCUT2D eigenvalue weighted by Crippen LogP contribution is 2.19. The Bertz CT molecular complexity index is 425. The number of likely N-dealkylation sites (tertiary alicyclic amines) is 1. The van der Waals surface area contributed by atoms with Crippen molar-refractivity contribution in [1.82, 2.24) is 10.2 Å². The Morgan fingerprint density at radius 1 is 1.37 bits per heavy atom. The van der Waals surface area contributed by atoms with Crippen LogP contribution in [0.3, 0.4) is 0 Å². The predicted octanol–water partition coefficient (Wildman–Crippen LogP) is 1.10. The number of nitrogens with one attached hydrogen (secondary N) is 1. The summed E-state index contributed by atoms with van der Waals surface area (Å²) in [5, 5.41) is 2.74. The molecule has 19 heavy (non-hydrogen) atoms. The van der Waals surface area contributed by atoms with Crippen LogP contribution in [0, 0.1) is 5.92 Å². The van der Waals surface area contributed by atoms with Crippen molar-refractivity contribution in [1.29, 1.82) is 0 Å². The van der Waals surface area contributed by atoms with Crippen molar-refractivity contribution in [3.8, 4) is 0 Å². The maximum absolute atomic E-state index is 11.6. The highest BCUT2D eigenvalue weighted by atomic mass is 16.1. The minimum absolute atomic E-state index is 0.185. The number of hydrogen-bond acceptors (Lipinski definition) is 3. The molecule has 0 saturated carbocycles. The van der Waals surface area contributed by atoms with E-state index in [0.717, 1.165) is 32.5 Å². The van der Waals surface area contributed by atoms with Crippen molar-refractivity contribution in [2.75, 3.05) is 20.1 Å². The monoisotopic (exact) mass is 261 g/mol. The number of nitrogens with zero attached hydrogens (tertiary/aromatic N) is 1. The van der Waals surface area contributed by atoms with Crippen LogP contribution >= 0.6 is 0 Å². The second kappa shape index (κ2) is 6.68. The van der Waals surface area contributed by atoms with E-state index in [4.69, 9.17) is 5.73 Å². The molecule has 1 aliphatic heterocycles. The van der Waals surface area contributed by atoms with Gasteiger partial charge < -0.3 is 11.1 Å². The van der Waals surface area contributed by atoms with Crippen molar-refractivity contribution in [2.45, 2.75) is 25.9 Å². The Labute approximate surface area is 115 Å². The molecule has 0 aliphatic carbocycles. The molecule has 1 heterocycles. The van der Waals surface area contributed by atoms with Crippen LogP contribution in [0.15, 0.2) is 24.3 Å². The zero-order valence-corrected chi connectivity index (χ0v) is 11.6. The lowest BCUT2D eigenvalue weighted by atomic mass is 9.95. The maximum atomic E-state index is 11.6. The summed E-state index contributed by atoms with van der Waals surface area (Å²) >= 11 is 0. The van der Waals surface area contributed by atoms with Gasteiger partial charge in [0.1, 0.15) is 0 Å². The molecule has 3 N–H and O–H groups in total. The lowest BCUT2D eigenvalue weighted by molar-refractivity contribution is -0.125. The molecule has 0 spiro atoms. The molecule has 1 aliphatic rings. The van der Waals surface area contributed by atoms with Crippen molar-refractivity contribution in [3.05, 3.63) is 35.4 Å². The summed E-state index contributed by atoms with van der Waals surface area (Å²) in [4.78, 5) is 14.0. The van der Waals surface area contributed by atoms with E-state index in [9.17, 15) is 4.79 Å². The summed E-state index contributed by atoms with van der Waals surface area (Å²) in [7, 11) is 1.72. The topological polar surface area (TPSA) is 58.4 Å². The fourth-order valence-corrected chi connectivity index (χ4v) is 2.67. The molecule has 1 saturated heterocycles. The van der Waals surface area contributed by atoms with Gasteiger partial charge in [-0.2, -0.15) is 0 Å². The Balaban J connectivity index is 1.86. The fraction of sp³-hybridized carbons (Fsp3) is 0.533. The van der Waals surface area contributed by atoms with Gasteiger partial charge in [-0.3, -0.25) is 9.69 Å². The summed E-state index contributed by atoms with van der Waals surface area (Å²) < 4.78 is 0. The predicted molar refractivity (Wildman–Crippen MR) is 76.4 cm³/mol. The molecule has 104 valence electrons. The largest absolute Gasteiger partial charge is 0.359 e. The highest BCUT2D eigenvalue weighted by Gasteiger charge is 2.23. The zero-order valence-electron chi connectivity index (χ0n) is 11.6. The molecule has 1 fully saturated rings. The number of hydrogen-bond donors (Lipinski definition) is 2. The van der Waals surface area contributed by atoms with Gasteiger partial charge in [0.2, 0.25) is 5.91 Å². The summed E-state index contributed by atoms with van der Waals surface area (Å²) in [5.74, 6) is 0.376. The molecular formula is C15H23N3O.